The van der Waals surface area contributed by atoms with E-state index in [0.717, 1.165) is 36.2 Å². The van der Waals surface area contributed by atoms with Crippen molar-refractivity contribution in [2.45, 2.75) is 69.5 Å². The van der Waals surface area contributed by atoms with Crippen LogP contribution in [-0.2, 0) is 6.42 Å². The lowest BCUT2D eigenvalue weighted by Gasteiger charge is -2.37. The van der Waals surface area contributed by atoms with Crippen molar-refractivity contribution < 1.29 is 4.39 Å². The van der Waals surface area contributed by atoms with Gasteiger partial charge in [-0.3, -0.25) is 0 Å². The molecule has 130 valence electrons. The first kappa shape index (κ1) is 17.8. The first-order chi connectivity index (χ1) is 11.7. The van der Waals surface area contributed by atoms with Gasteiger partial charge in [0.15, 0.2) is 0 Å². The zero-order valence-corrected chi connectivity index (χ0v) is 15.3. The molecule has 1 nitrogen and oxygen atoms in total. The molecule has 2 aliphatic rings. The molecule has 1 aromatic carbocycles. The summed E-state index contributed by atoms with van der Waals surface area (Å²) in [6, 6.07) is 6.94. The Kier molecular flexibility index (Phi) is 6.22. The number of benzene rings is 1. The smallest absolute Gasteiger partial charge is 0.141 e. The average Bonchev–Trinajstić information content (AvgIpc) is 2.61. The highest BCUT2D eigenvalue weighted by atomic mass is 32.1. The Labute approximate surface area is 151 Å². The predicted octanol–water partition coefficient (Wildman–Crippen LogP) is 5.92. The van der Waals surface area contributed by atoms with Gasteiger partial charge in [0.25, 0.3) is 0 Å². The van der Waals surface area contributed by atoms with Crippen LogP contribution in [0.4, 0.5) is 4.39 Å². The predicted molar refractivity (Wildman–Crippen MR) is 99.6 cm³/mol. The quantitative estimate of drug-likeness (QED) is 0.672. The SMILES string of the molecule is N#Cc1ccc(CCC2CCC(C3CCC(S)CC3)CC2)cc1F. The molecule has 0 radical (unpaired) electrons. The van der Waals surface area contributed by atoms with E-state index in [9.17, 15) is 4.39 Å². The summed E-state index contributed by atoms with van der Waals surface area (Å²) in [4.78, 5) is 0. The first-order valence-corrected chi connectivity index (χ1v) is 10.0. The van der Waals surface area contributed by atoms with Crippen LogP contribution >= 0.6 is 12.6 Å². The van der Waals surface area contributed by atoms with Crippen molar-refractivity contribution >= 4 is 12.6 Å². The minimum Gasteiger partial charge on any atom is -0.206 e. The maximum atomic E-state index is 13.7. The molecular formula is C21H28FNS. The number of hydrogen-bond acceptors (Lipinski definition) is 2. The van der Waals surface area contributed by atoms with Gasteiger partial charge in [-0.25, -0.2) is 4.39 Å². The molecular weight excluding hydrogens is 317 g/mol. The summed E-state index contributed by atoms with van der Waals surface area (Å²) in [5, 5.41) is 9.44. The zero-order valence-electron chi connectivity index (χ0n) is 14.4. The van der Waals surface area contributed by atoms with Crippen LogP contribution < -0.4 is 0 Å². The van der Waals surface area contributed by atoms with Crippen LogP contribution in [0, 0.1) is 34.9 Å². The van der Waals surface area contributed by atoms with E-state index in [1.54, 1.807) is 12.1 Å². The van der Waals surface area contributed by atoms with Crippen LogP contribution in [0.15, 0.2) is 18.2 Å². The third-order valence-electron chi connectivity index (χ3n) is 6.29. The molecule has 0 heterocycles. The van der Waals surface area contributed by atoms with E-state index >= 15 is 0 Å². The maximum absolute atomic E-state index is 13.7. The van der Waals surface area contributed by atoms with Crippen LogP contribution in [0.1, 0.15) is 68.9 Å². The Morgan fingerprint density at radius 3 is 2.21 bits per heavy atom. The van der Waals surface area contributed by atoms with Crippen LogP contribution in [0.25, 0.3) is 0 Å². The highest BCUT2D eigenvalue weighted by Gasteiger charge is 2.29. The highest BCUT2D eigenvalue weighted by Crippen LogP contribution is 2.41. The third kappa shape index (κ3) is 4.54. The molecule has 0 saturated heterocycles. The minimum absolute atomic E-state index is 0.148. The average molecular weight is 346 g/mol. The molecule has 0 atom stereocenters. The van der Waals surface area contributed by atoms with Crippen molar-refractivity contribution in [3.8, 4) is 6.07 Å². The highest BCUT2D eigenvalue weighted by molar-refractivity contribution is 7.80. The Hall–Kier alpha value is -1.01. The number of thiol groups is 1. The Balaban J connectivity index is 1.42. The fourth-order valence-electron chi connectivity index (χ4n) is 4.70. The van der Waals surface area contributed by atoms with Gasteiger partial charge in [0, 0.05) is 5.25 Å². The summed E-state index contributed by atoms with van der Waals surface area (Å²) in [5.41, 5.74) is 1.18. The van der Waals surface area contributed by atoms with Gasteiger partial charge < -0.3 is 0 Å². The molecule has 2 fully saturated rings. The van der Waals surface area contributed by atoms with E-state index in [2.05, 4.69) is 12.6 Å². The molecule has 3 heteroatoms. The van der Waals surface area contributed by atoms with Crippen LogP contribution in [-0.4, -0.2) is 5.25 Å². The molecule has 3 rings (SSSR count). The zero-order chi connectivity index (χ0) is 16.9. The van der Waals surface area contributed by atoms with Crippen molar-refractivity contribution in [1.29, 1.82) is 5.26 Å². The van der Waals surface area contributed by atoms with E-state index in [1.165, 1.54) is 51.4 Å². The molecule has 2 saturated carbocycles. The van der Waals surface area contributed by atoms with E-state index in [1.807, 2.05) is 12.1 Å². The lowest BCUT2D eigenvalue weighted by molar-refractivity contribution is 0.165. The Bertz CT molecular complexity index is 578. The van der Waals surface area contributed by atoms with Crippen molar-refractivity contribution in [1.82, 2.24) is 0 Å². The number of hydrogen-bond donors (Lipinski definition) is 1. The second-order valence-electron chi connectivity index (χ2n) is 7.81. The van der Waals surface area contributed by atoms with Crippen molar-refractivity contribution in [2.24, 2.45) is 17.8 Å². The van der Waals surface area contributed by atoms with Crippen LogP contribution in [0.3, 0.4) is 0 Å². The minimum atomic E-state index is -0.376. The molecule has 0 amide bonds. The summed E-state index contributed by atoms with van der Waals surface area (Å²) in [6.45, 7) is 0. The number of nitriles is 1. The van der Waals surface area contributed by atoms with Gasteiger partial charge in [0.1, 0.15) is 11.9 Å². The topological polar surface area (TPSA) is 23.8 Å². The van der Waals surface area contributed by atoms with Gasteiger partial charge >= 0.3 is 0 Å². The fourth-order valence-corrected chi connectivity index (χ4v) is 5.00. The van der Waals surface area contributed by atoms with Gasteiger partial charge in [0.2, 0.25) is 0 Å². The third-order valence-corrected chi connectivity index (χ3v) is 6.81. The Morgan fingerprint density at radius 1 is 1.00 bits per heavy atom. The second-order valence-corrected chi connectivity index (χ2v) is 8.54. The normalized spacial score (nSPS) is 30.7. The number of halogens is 1. The molecule has 0 unspecified atom stereocenters. The summed E-state index contributed by atoms with van der Waals surface area (Å²) in [5.74, 6) is 2.30. The molecule has 24 heavy (non-hydrogen) atoms. The molecule has 0 N–H and O–H groups in total. The lowest BCUT2D eigenvalue weighted by Crippen LogP contribution is -2.26. The van der Waals surface area contributed by atoms with Gasteiger partial charge in [-0.1, -0.05) is 18.9 Å². The number of rotatable bonds is 4. The van der Waals surface area contributed by atoms with E-state index < -0.39 is 0 Å². The molecule has 0 aromatic heterocycles. The molecule has 0 bridgehead atoms. The largest absolute Gasteiger partial charge is 0.206 e. The summed E-state index contributed by atoms with van der Waals surface area (Å²) in [7, 11) is 0. The lowest BCUT2D eigenvalue weighted by atomic mass is 9.70. The number of aryl methyl sites for hydroxylation is 1. The second kappa shape index (κ2) is 8.39. The number of nitrogens with zero attached hydrogens (tertiary/aromatic N) is 1. The van der Waals surface area contributed by atoms with Gasteiger partial charge in [0.05, 0.1) is 5.56 Å². The van der Waals surface area contributed by atoms with Crippen LogP contribution in [0.5, 0.6) is 0 Å². The van der Waals surface area contributed by atoms with Gasteiger partial charge in [-0.2, -0.15) is 17.9 Å². The monoisotopic (exact) mass is 345 g/mol. The Morgan fingerprint density at radius 2 is 1.62 bits per heavy atom. The van der Waals surface area contributed by atoms with Gasteiger partial charge in [-0.05, 0) is 86.8 Å². The summed E-state index contributed by atoms with van der Waals surface area (Å²) >= 11 is 4.62. The first-order valence-electron chi connectivity index (χ1n) is 9.52. The standard InChI is InChI=1S/C21H28FNS/c22-21-13-16(5-8-19(21)14-23)2-1-15-3-6-17(7-4-15)18-9-11-20(24)12-10-18/h5,8,13,15,17-18,20,24H,1-4,6-7,9-12H2. The molecule has 1 aromatic rings. The van der Waals surface area contributed by atoms with E-state index in [-0.39, 0.29) is 11.4 Å². The van der Waals surface area contributed by atoms with Crippen molar-refractivity contribution in [3.05, 3.63) is 35.1 Å². The molecule has 0 aliphatic heterocycles. The van der Waals surface area contributed by atoms with Crippen molar-refractivity contribution in [3.63, 3.8) is 0 Å². The van der Waals surface area contributed by atoms with Crippen LogP contribution in [0.2, 0.25) is 0 Å². The summed E-state index contributed by atoms with van der Waals surface area (Å²) < 4.78 is 13.7. The molecule has 0 spiro atoms. The molecule has 2 aliphatic carbocycles. The van der Waals surface area contributed by atoms with Gasteiger partial charge in [-0.15, -0.1) is 0 Å². The maximum Gasteiger partial charge on any atom is 0.141 e. The van der Waals surface area contributed by atoms with E-state index in [0.29, 0.717) is 5.25 Å². The fraction of sp³-hybridized carbons (Fsp3) is 0.667. The van der Waals surface area contributed by atoms with Crippen molar-refractivity contribution in [2.75, 3.05) is 0 Å². The van der Waals surface area contributed by atoms with E-state index in [4.69, 9.17) is 5.26 Å². The summed E-state index contributed by atoms with van der Waals surface area (Å²) in [6.07, 6.45) is 12.9.